The van der Waals surface area contributed by atoms with Crippen LogP contribution in [0.25, 0.3) is 0 Å². The molecule has 0 bridgehead atoms. The van der Waals surface area contributed by atoms with Crippen LogP contribution in [-0.2, 0) is 22.6 Å². The molecule has 146 valence electrons. The molecule has 3 rings (SSSR count). The zero-order valence-corrected chi connectivity index (χ0v) is 19.3. The van der Waals surface area contributed by atoms with E-state index in [1.807, 2.05) is 6.07 Å². The summed E-state index contributed by atoms with van der Waals surface area (Å²) in [5.74, 6) is 0.618. The fourth-order valence-corrected chi connectivity index (χ4v) is 5.82. The molecule has 2 aliphatic rings. The maximum absolute atomic E-state index is 13.5. The van der Waals surface area contributed by atoms with Crippen LogP contribution in [0.2, 0.25) is 0 Å². The van der Waals surface area contributed by atoms with E-state index in [1.165, 1.54) is 24.8 Å². The fraction of sp³-hybridized carbons (Fsp3) is 0.714. The Kier molecular flexibility index (Phi) is 6.98. The van der Waals surface area contributed by atoms with E-state index in [-0.39, 0.29) is 23.0 Å². The highest BCUT2D eigenvalue weighted by atomic mass is 127. The number of benzene rings is 1. The highest BCUT2D eigenvalue weighted by molar-refractivity contribution is 14.1. The molecule has 3 nitrogen and oxygen atoms in total. The second-order valence-corrected chi connectivity index (χ2v) is 12.5. The lowest BCUT2D eigenvalue weighted by atomic mass is 9.96. The first kappa shape index (κ1) is 20.9. The number of rotatable bonds is 6. The standard InChI is InChI=1S/C21H32INO2S/c1-15-18(22)12-13-19(25-15)20(17-10-11-17)23(26(24)21(2,3)4)14-16-8-6-5-7-9-16/h5-9,15,17-20H,10-14H2,1-4H3/t15?,18?,19-,20+,26?/m0/s1. The Morgan fingerprint density at radius 3 is 2.38 bits per heavy atom. The lowest BCUT2D eigenvalue weighted by molar-refractivity contribution is -0.0697. The molecular weight excluding hydrogens is 457 g/mol. The summed E-state index contributed by atoms with van der Waals surface area (Å²) in [6.07, 6.45) is 5.21. The number of alkyl halides is 1. The van der Waals surface area contributed by atoms with E-state index < -0.39 is 11.4 Å². The summed E-state index contributed by atoms with van der Waals surface area (Å²) >= 11 is 1.46. The van der Waals surface area contributed by atoms with Gasteiger partial charge in [-0.3, -0.25) is 0 Å². The first-order valence-corrected chi connectivity index (χ1v) is 12.1. The average Bonchev–Trinajstić information content (AvgIpc) is 3.42. The van der Waals surface area contributed by atoms with E-state index in [0.29, 0.717) is 9.84 Å². The Bertz CT molecular complexity index is 575. The summed E-state index contributed by atoms with van der Waals surface area (Å²) in [6.45, 7) is 9.16. The SMILES string of the molecule is CC1O[C@H]([C@@H](C2CC2)N(Cc2ccccc2)[S+]([O-])C(C)(C)C)CCC1I. The third-order valence-corrected chi connectivity index (χ3v) is 8.84. The molecule has 1 saturated carbocycles. The van der Waals surface area contributed by atoms with E-state index in [4.69, 9.17) is 4.74 Å². The molecule has 3 unspecified atom stereocenters. The third kappa shape index (κ3) is 5.16. The van der Waals surface area contributed by atoms with E-state index in [2.05, 4.69) is 78.9 Å². The summed E-state index contributed by atoms with van der Waals surface area (Å²) in [5.41, 5.74) is 1.23. The second kappa shape index (κ2) is 8.68. The topological polar surface area (TPSA) is 35.5 Å². The third-order valence-electron chi connectivity index (χ3n) is 5.36. The van der Waals surface area contributed by atoms with Crippen molar-refractivity contribution in [1.29, 1.82) is 0 Å². The predicted molar refractivity (Wildman–Crippen MR) is 118 cm³/mol. The predicted octanol–water partition coefficient (Wildman–Crippen LogP) is 5.10. The Hall–Kier alpha value is 0.180. The van der Waals surface area contributed by atoms with E-state index in [1.54, 1.807) is 0 Å². The van der Waals surface area contributed by atoms with Crippen LogP contribution in [0.1, 0.15) is 58.9 Å². The molecule has 0 N–H and O–H groups in total. The monoisotopic (exact) mass is 489 g/mol. The zero-order valence-electron chi connectivity index (χ0n) is 16.4. The normalized spacial score (nSPS) is 29.6. The van der Waals surface area contributed by atoms with Crippen molar-refractivity contribution in [2.75, 3.05) is 0 Å². The maximum Gasteiger partial charge on any atom is 0.137 e. The van der Waals surface area contributed by atoms with Crippen molar-refractivity contribution in [3.05, 3.63) is 35.9 Å². The molecule has 1 aromatic rings. The second-order valence-electron chi connectivity index (χ2n) is 8.72. The average molecular weight is 489 g/mol. The minimum Gasteiger partial charge on any atom is -0.597 e. The summed E-state index contributed by atoms with van der Waals surface area (Å²) < 4.78 is 22.5. The lowest BCUT2D eigenvalue weighted by Gasteiger charge is -2.43. The summed E-state index contributed by atoms with van der Waals surface area (Å²) in [6, 6.07) is 10.7. The van der Waals surface area contributed by atoms with Crippen LogP contribution in [-0.4, -0.2) is 35.8 Å². The molecule has 1 heterocycles. The van der Waals surface area contributed by atoms with E-state index in [9.17, 15) is 4.55 Å². The molecule has 1 aromatic carbocycles. The van der Waals surface area contributed by atoms with Gasteiger partial charge in [-0.15, -0.1) is 4.31 Å². The van der Waals surface area contributed by atoms with Crippen LogP contribution in [0, 0.1) is 5.92 Å². The Morgan fingerprint density at radius 2 is 1.85 bits per heavy atom. The van der Waals surface area contributed by atoms with E-state index >= 15 is 0 Å². The van der Waals surface area contributed by atoms with Crippen molar-refractivity contribution >= 4 is 34.0 Å². The van der Waals surface area contributed by atoms with Gasteiger partial charge in [0.25, 0.3) is 0 Å². The highest BCUT2D eigenvalue weighted by Crippen LogP contribution is 2.43. The molecule has 5 heteroatoms. The summed E-state index contributed by atoms with van der Waals surface area (Å²) in [7, 11) is 0. The molecule has 1 aliphatic heterocycles. The number of hydrogen-bond donors (Lipinski definition) is 0. The van der Waals surface area contributed by atoms with Crippen molar-refractivity contribution in [2.24, 2.45) is 5.92 Å². The van der Waals surface area contributed by atoms with Crippen molar-refractivity contribution in [3.8, 4) is 0 Å². The largest absolute Gasteiger partial charge is 0.597 e. The summed E-state index contributed by atoms with van der Waals surface area (Å²) in [4.78, 5) is 0. The van der Waals surface area contributed by atoms with Crippen LogP contribution in [0.5, 0.6) is 0 Å². The minimum atomic E-state index is -1.06. The Labute approximate surface area is 175 Å². The number of ether oxygens (including phenoxy) is 1. The molecule has 1 saturated heterocycles. The van der Waals surface area contributed by atoms with Crippen LogP contribution in [0.15, 0.2) is 30.3 Å². The number of hydrogen-bond acceptors (Lipinski definition) is 3. The van der Waals surface area contributed by atoms with Crippen molar-refractivity contribution in [3.63, 3.8) is 0 Å². The van der Waals surface area contributed by atoms with Crippen molar-refractivity contribution in [2.45, 2.75) is 86.8 Å². The quantitative estimate of drug-likeness (QED) is 0.317. The van der Waals surface area contributed by atoms with Gasteiger partial charge in [-0.25, -0.2) is 0 Å². The molecule has 2 fully saturated rings. The lowest BCUT2D eigenvalue weighted by Crippen LogP contribution is -2.55. The van der Waals surface area contributed by atoms with Gasteiger partial charge in [0, 0.05) is 15.3 Å². The molecule has 0 aromatic heterocycles. The van der Waals surface area contributed by atoms with Gasteiger partial charge in [0.2, 0.25) is 0 Å². The van der Waals surface area contributed by atoms with Crippen LogP contribution in [0.3, 0.4) is 0 Å². The van der Waals surface area contributed by atoms with E-state index in [0.717, 1.165) is 13.0 Å². The van der Waals surface area contributed by atoms with Crippen LogP contribution < -0.4 is 0 Å². The first-order chi connectivity index (χ1) is 12.3. The van der Waals surface area contributed by atoms with Crippen LogP contribution >= 0.6 is 22.6 Å². The molecule has 5 atom stereocenters. The molecule has 26 heavy (non-hydrogen) atoms. The van der Waals surface area contributed by atoms with Gasteiger partial charge < -0.3 is 9.29 Å². The number of nitrogens with zero attached hydrogens (tertiary/aromatic N) is 1. The van der Waals surface area contributed by atoms with Crippen LogP contribution in [0.4, 0.5) is 0 Å². The minimum absolute atomic E-state index is 0.193. The first-order valence-electron chi connectivity index (χ1n) is 9.79. The van der Waals surface area contributed by atoms with Gasteiger partial charge in [0.05, 0.1) is 24.8 Å². The molecule has 1 aliphatic carbocycles. The van der Waals surface area contributed by atoms with Gasteiger partial charge in [0.1, 0.15) is 4.75 Å². The van der Waals surface area contributed by atoms with Gasteiger partial charge in [-0.05, 0) is 64.9 Å². The molecule has 0 amide bonds. The highest BCUT2D eigenvalue weighted by Gasteiger charge is 2.49. The fourth-order valence-electron chi connectivity index (χ4n) is 3.79. The number of halogens is 1. The van der Waals surface area contributed by atoms with Gasteiger partial charge in [0.15, 0.2) is 0 Å². The molecule has 0 spiro atoms. The zero-order chi connectivity index (χ0) is 18.9. The molecular formula is C21H32INO2S. The van der Waals surface area contributed by atoms with Gasteiger partial charge in [-0.2, -0.15) is 0 Å². The summed E-state index contributed by atoms with van der Waals surface area (Å²) in [5, 5.41) is 0. The smallest absolute Gasteiger partial charge is 0.137 e. The van der Waals surface area contributed by atoms with Crippen molar-refractivity contribution in [1.82, 2.24) is 4.31 Å². The Morgan fingerprint density at radius 1 is 1.19 bits per heavy atom. The van der Waals surface area contributed by atoms with Gasteiger partial charge >= 0.3 is 0 Å². The molecule has 0 radical (unpaired) electrons. The Balaban J connectivity index is 1.86. The maximum atomic E-state index is 13.5. The van der Waals surface area contributed by atoms with Crippen molar-refractivity contribution < 1.29 is 9.29 Å². The van der Waals surface area contributed by atoms with Gasteiger partial charge in [-0.1, -0.05) is 52.9 Å².